The highest BCUT2D eigenvalue weighted by Gasteiger charge is 2.16. The van der Waals surface area contributed by atoms with Crippen molar-refractivity contribution in [3.05, 3.63) is 35.1 Å². The van der Waals surface area contributed by atoms with Gasteiger partial charge in [-0.1, -0.05) is 26.7 Å². The zero-order valence-electron chi connectivity index (χ0n) is 11.7. The minimum atomic E-state index is -0.541. The lowest BCUT2D eigenvalue weighted by Gasteiger charge is -2.20. The van der Waals surface area contributed by atoms with E-state index < -0.39 is 6.10 Å². The van der Waals surface area contributed by atoms with Gasteiger partial charge in [0, 0.05) is 12.1 Å². The second-order valence-corrected chi connectivity index (χ2v) is 4.82. The van der Waals surface area contributed by atoms with E-state index in [9.17, 15) is 14.3 Å². The molecule has 0 fully saturated rings. The zero-order chi connectivity index (χ0) is 14.4. The summed E-state index contributed by atoms with van der Waals surface area (Å²) in [7, 11) is 0. The molecule has 0 radical (unpaired) electrons. The van der Waals surface area contributed by atoms with E-state index in [0.29, 0.717) is 11.1 Å². The van der Waals surface area contributed by atoms with Crippen LogP contribution in [-0.4, -0.2) is 23.7 Å². The van der Waals surface area contributed by atoms with E-state index in [2.05, 4.69) is 5.32 Å². The lowest BCUT2D eigenvalue weighted by atomic mass is 9.96. The Bertz CT molecular complexity index is 430. The molecule has 1 amide bonds. The van der Waals surface area contributed by atoms with Gasteiger partial charge in [-0.2, -0.15) is 0 Å². The van der Waals surface area contributed by atoms with Crippen LogP contribution < -0.4 is 5.32 Å². The fraction of sp³-hybridized carbons (Fsp3) is 0.533. The summed E-state index contributed by atoms with van der Waals surface area (Å²) in [6.45, 7) is 5.87. The molecule has 0 aliphatic heterocycles. The van der Waals surface area contributed by atoms with Gasteiger partial charge in [0.15, 0.2) is 0 Å². The first kappa shape index (κ1) is 15.6. The van der Waals surface area contributed by atoms with Crippen LogP contribution in [-0.2, 0) is 0 Å². The van der Waals surface area contributed by atoms with Crippen LogP contribution in [0, 0.1) is 18.7 Å². The average Bonchev–Trinajstić information content (AvgIpc) is 2.40. The van der Waals surface area contributed by atoms with Crippen molar-refractivity contribution in [2.24, 2.45) is 5.92 Å². The zero-order valence-corrected chi connectivity index (χ0v) is 11.7. The van der Waals surface area contributed by atoms with Crippen molar-refractivity contribution in [1.29, 1.82) is 0 Å². The predicted molar refractivity (Wildman–Crippen MR) is 73.5 cm³/mol. The molecule has 1 unspecified atom stereocenters. The molecule has 2 N–H and O–H groups in total. The van der Waals surface area contributed by atoms with Crippen molar-refractivity contribution in [1.82, 2.24) is 5.32 Å². The second kappa shape index (κ2) is 7.24. The number of halogens is 1. The topological polar surface area (TPSA) is 49.3 Å². The predicted octanol–water partition coefficient (Wildman–Crippen LogP) is 2.66. The number of rotatable bonds is 6. The van der Waals surface area contributed by atoms with E-state index in [4.69, 9.17) is 0 Å². The van der Waals surface area contributed by atoms with E-state index in [1.807, 2.05) is 13.8 Å². The van der Waals surface area contributed by atoms with E-state index in [1.54, 1.807) is 6.92 Å². The Balaban J connectivity index is 2.58. The number of carbonyl (C=O) groups excluding carboxylic acids is 1. The van der Waals surface area contributed by atoms with Crippen molar-refractivity contribution in [2.75, 3.05) is 6.54 Å². The van der Waals surface area contributed by atoms with Crippen molar-refractivity contribution >= 4 is 5.91 Å². The molecule has 19 heavy (non-hydrogen) atoms. The van der Waals surface area contributed by atoms with Crippen LogP contribution >= 0.6 is 0 Å². The molecule has 0 saturated heterocycles. The number of amides is 1. The Morgan fingerprint density at radius 3 is 2.53 bits per heavy atom. The third-order valence-corrected chi connectivity index (χ3v) is 3.48. The summed E-state index contributed by atoms with van der Waals surface area (Å²) in [6.07, 6.45) is 1.22. The minimum Gasteiger partial charge on any atom is -0.391 e. The van der Waals surface area contributed by atoms with E-state index in [0.717, 1.165) is 12.8 Å². The Kier molecular flexibility index (Phi) is 5.96. The normalized spacial score (nSPS) is 12.5. The van der Waals surface area contributed by atoms with E-state index in [1.165, 1.54) is 18.2 Å². The molecule has 1 aromatic carbocycles. The van der Waals surface area contributed by atoms with Gasteiger partial charge in [-0.15, -0.1) is 0 Å². The van der Waals surface area contributed by atoms with Crippen LogP contribution in [0.25, 0.3) is 0 Å². The summed E-state index contributed by atoms with van der Waals surface area (Å²) < 4.78 is 13.1. The fourth-order valence-electron chi connectivity index (χ4n) is 2.08. The minimum absolute atomic E-state index is 0.190. The number of aryl methyl sites for hydroxylation is 1. The van der Waals surface area contributed by atoms with Crippen LogP contribution in [0.4, 0.5) is 4.39 Å². The molecule has 3 nitrogen and oxygen atoms in total. The van der Waals surface area contributed by atoms with Gasteiger partial charge in [0.25, 0.3) is 5.91 Å². The smallest absolute Gasteiger partial charge is 0.251 e. The van der Waals surface area contributed by atoms with Crippen LogP contribution in [0.2, 0.25) is 0 Å². The maximum atomic E-state index is 13.1. The number of nitrogens with one attached hydrogen (secondary N) is 1. The molecule has 106 valence electrons. The molecule has 1 aromatic rings. The standard InChI is InChI=1S/C15H22FNO2/c1-4-11(5-2)14(18)9-17-15(19)12-6-7-13(16)10(3)8-12/h6-8,11,14,18H,4-5,9H2,1-3H3,(H,17,19). The summed E-state index contributed by atoms with van der Waals surface area (Å²) in [5.74, 6) is -0.419. The van der Waals surface area contributed by atoms with Gasteiger partial charge in [-0.25, -0.2) is 4.39 Å². The first-order valence-corrected chi connectivity index (χ1v) is 6.72. The second-order valence-electron chi connectivity index (χ2n) is 4.82. The van der Waals surface area contributed by atoms with Crippen molar-refractivity contribution in [3.8, 4) is 0 Å². The molecule has 1 rings (SSSR count). The van der Waals surface area contributed by atoms with Crippen molar-refractivity contribution in [3.63, 3.8) is 0 Å². The Morgan fingerprint density at radius 2 is 2.00 bits per heavy atom. The molecule has 1 atom stereocenters. The van der Waals surface area contributed by atoms with E-state index in [-0.39, 0.29) is 24.2 Å². The monoisotopic (exact) mass is 267 g/mol. The highest BCUT2D eigenvalue weighted by atomic mass is 19.1. The Labute approximate surface area is 113 Å². The molecule has 0 saturated carbocycles. The largest absolute Gasteiger partial charge is 0.391 e. The third-order valence-electron chi connectivity index (χ3n) is 3.48. The summed E-state index contributed by atoms with van der Waals surface area (Å²) in [5, 5.41) is 12.6. The van der Waals surface area contributed by atoms with Crippen molar-refractivity contribution < 1.29 is 14.3 Å². The molecule has 0 spiro atoms. The number of hydrogen-bond donors (Lipinski definition) is 2. The van der Waals surface area contributed by atoms with Gasteiger partial charge in [0.05, 0.1) is 6.10 Å². The maximum Gasteiger partial charge on any atom is 0.251 e. The number of aliphatic hydroxyl groups is 1. The van der Waals surface area contributed by atoms with Gasteiger partial charge >= 0.3 is 0 Å². The molecule has 4 heteroatoms. The molecule has 0 aliphatic carbocycles. The average molecular weight is 267 g/mol. The van der Waals surface area contributed by atoms with E-state index >= 15 is 0 Å². The summed E-state index contributed by atoms with van der Waals surface area (Å²) >= 11 is 0. The highest BCUT2D eigenvalue weighted by Crippen LogP contribution is 2.13. The summed E-state index contributed by atoms with van der Waals surface area (Å²) in [6, 6.07) is 4.23. The van der Waals surface area contributed by atoms with Gasteiger partial charge in [0.1, 0.15) is 5.82 Å². The first-order valence-electron chi connectivity index (χ1n) is 6.72. The molecule has 0 bridgehead atoms. The van der Waals surface area contributed by atoms with Crippen LogP contribution in [0.15, 0.2) is 18.2 Å². The molecular weight excluding hydrogens is 245 g/mol. The van der Waals surface area contributed by atoms with Crippen LogP contribution in [0.5, 0.6) is 0 Å². The van der Waals surface area contributed by atoms with Crippen LogP contribution in [0.1, 0.15) is 42.6 Å². The number of aliphatic hydroxyl groups excluding tert-OH is 1. The van der Waals surface area contributed by atoms with Gasteiger partial charge < -0.3 is 10.4 Å². The third kappa shape index (κ3) is 4.31. The Morgan fingerprint density at radius 1 is 1.37 bits per heavy atom. The fourth-order valence-corrected chi connectivity index (χ4v) is 2.08. The highest BCUT2D eigenvalue weighted by molar-refractivity contribution is 5.94. The quantitative estimate of drug-likeness (QED) is 0.832. The maximum absolute atomic E-state index is 13.1. The number of benzene rings is 1. The van der Waals surface area contributed by atoms with Crippen LogP contribution in [0.3, 0.4) is 0 Å². The SMILES string of the molecule is CCC(CC)C(O)CNC(=O)c1ccc(F)c(C)c1. The molecule has 0 aromatic heterocycles. The number of carbonyl (C=O) groups is 1. The Hall–Kier alpha value is -1.42. The lowest BCUT2D eigenvalue weighted by molar-refractivity contribution is 0.0816. The summed E-state index contributed by atoms with van der Waals surface area (Å²) in [4.78, 5) is 11.9. The van der Waals surface area contributed by atoms with Gasteiger partial charge in [-0.05, 0) is 36.6 Å². The van der Waals surface area contributed by atoms with Crippen molar-refractivity contribution in [2.45, 2.75) is 39.7 Å². The number of hydrogen-bond acceptors (Lipinski definition) is 2. The lowest BCUT2D eigenvalue weighted by Crippen LogP contribution is -2.36. The van der Waals surface area contributed by atoms with Gasteiger partial charge in [-0.3, -0.25) is 4.79 Å². The summed E-state index contributed by atoms with van der Waals surface area (Å²) in [5.41, 5.74) is 0.851. The molecule has 0 aliphatic rings. The molecule has 0 heterocycles. The van der Waals surface area contributed by atoms with Gasteiger partial charge in [0.2, 0.25) is 0 Å². The first-order chi connectivity index (χ1) is 8.99. The molecular formula is C15H22FNO2.